The van der Waals surface area contributed by atoms with Gasteiger partial charge in [0.15, 0.2) is 0 Å². The number of aromatic nitrogens is 4. The van der Waals surface area contributed by atoms with E-state index in [0.29, 0.717) is 18.2 Å². The highest BCUT2D eigenvalue weighted by atomic mass is 32.1. The van der Waals surface area contributed by atoms with Crippen LogP contribution in [0, 0.1) is 13.8 Å². The van der Waals surface area contributed by atoms with Gasteiger partial charge in [0.25, 0.3) is 0 Å². The second-order valence-electron chi connectivity index (χ2n) is 5.60. The number of ether oxygens (including phenoxy) is 1. The predicted molar refractivity (Wildman–Crippen MR) is 95.9 cm³/mol. The lowest BCUT2D eigenvalue weighted by Crippen LogP contribution is -2.18. The molecule has 0 atom stereocenters. The number of nitrogens with one attached hydrogen (secondary N) is 1. The summed E-state index contributed by atoms with van der Waals surface area (Å²) in [7, 11) is 0. The first-order valence-electron chi connectivity index (χ1n) is 7.90. The molecule has 8 heteroatoms. The number of carbonyl (C=O) groups is 1. The fraction of sp³-hybridized carbons (Fsp3) is 0.294. The number of anilines is 1. The minimum absolute atomic E-state index is 0.151. The van der Waals surface area contributed by atoms with E-state index < -0.39 is 0 Å². The highest BCUT2D eigenvalue weighted by Gasteiger charge is 2.09. The van der Waals surface area contributed by atoms with Crippen molar-refractivity contribution in [3.8, 4) is 5.75 Å². The molecular weight excluding hydrogens is 338 g/mol. The van der Waals surface area contributed by atoms with Crippen LogP contribution in [-0.4, -0.2) is 32.5 Å². The first-order valence-corrected chi connectivity index (χ1v) is 8.71. The highest BCUT2D eigenvalue weighted by molar-refractivity contribution is 7.15. The molecule has 25 heavy (non-hydrogen) atoms. The molecule has 130 valence electrons. The summed E-state index contributed by atoms with van der Waals surface area (Å²) >= 11 is 1.35. The van der Waals surface area contributed by atoms with Crippen LogP contribution in [0.15, 0.2) is 36.7 Å². The van der Waals surface area contributed by atoms with Gasteiger partial charge in [-0.2, -0.15) is 5.10 Å². The molecule has 0 aliphatic carbocycles. The Kier molecular flexibility index (Phi) is 5.39. The average Bonchev–Trinajstić information content (AvgIpc) is 3.23. The third-order valence-corrected chi connectivity index (χ3v) is 4.54. The van der Waals surface area contributed by atoms with E-state index in [0.717, 1.165) is 10.8 Å². The van der Waals surface area contributed by atoms with Gasteiger partial charge in [-0.05, 0) is 43.2 Å². The van der Waals surface area contributed by atoms with E-state index in [2.05, 4.69) is 34.5 Å². The molecule has 0 aliphatic rings. The summed E-state index contributed by atoms with van der Waals surface area (Å²) in [5.74, 6) is 0.665. The zero-order chi connectivity index (χ0) is 17.6. The molecule has 3 rings (SSSR count). The number of benzene rings is 1. The molecule has 1 amide bonds. The van der Waals surface area contributed by atoms with Gasteiger partial charge in [-0.15, -0.1) is 10.2 Å². The number of hydrogen-bond acceptors (Lipinski definition) is 6. The van der Waals surface area contributed by atoms with Crippen molar-refractivity contribution in [3.05, 3.63) is 52.8 Å². The number of hydrogen-bond donors (Lipinski definition) is 1. The van der Waals surface area contributed by atoms with Gasteiger partial charge in [0.2, 0.25) is 11.0 Å². The van der Waals surface area contributed by atoms with Gasteiger partial charge in [-0.3, -0.25) is 14.8 Å². The fourth-order valence-corrected chi connectivity index (χ4v) is 2.90. The Bertz CT molecular complexity index is 845. The molecule has 0 saturated heterocycles. The second-order valence-corrected chi connectivity index (χ2v) is 6.66. The molecule has 3 aromatic rings. The van der Waals surface area contributed by atoms with Crippen molar-refractivity contribution in [1.82, 2.24) is 20.0 Å². The molecule has 7 nitrogen and oxygen atoms in total. The van der Waals surface area contributed by atoms with Crippen molar-refractivity contribution in [2.75, 3.05) is 11.9 Å². The summed E-state index contributed by atoms with van der Waals surface area (Å²) in [6, 6.07) is 7.80. The lowest BCUT2D eigenvalue weighted by atomic mass is 10.1. The molecule has 0 fully saturated rings. The molecule has 0 bridgehead atoms. The molecule has 0 unspecified atom stereocenters. The van der Waals surface area contributed by atoms with Crippen LogP contribution in [0.5, 0.6) is 5.75 Å². The van der Waals surface area contributed by atoms with Crippen LogP contribution in [-0.2, 0) is 17.8 Å². The summed E-state index contributed by atoms with van der Waals surface area (Å²) in [6.45, 7) is 4.80. The van der Waals surface area contributed by atoms with Crippen molar-refractivity contribution in [3.63, 3.8) is 0 Å². The monoisotopic (exact) mass is 357 g/mol. The van der Waals surface area contributed by atoms with E-state index in [9.17, 15) is 4.79 Å². The van der Waals surface area contributed by atoms with Crippen LogP contribution < -0.4 is 10.1 Å². The Balaban J connectivity index is 1.46. The zero-order valence-corrected chi connectivity index (χ0v) is 14.9. The molecule has 0 aliphatic heterocycles. The lowest BCUT2D eigenvalue weighted by Gasteiger charge is -2.07. The van der Waals surface area contributed by atoms with Crippen LogP contribution in [0.2, 0.25) is 0 Å². The number of rotatable bonds is 7. The third kappa shape index (κ3) is 4.87. The summed E-state index contributed by atoms with van der Waals surface area (Å²) in [4.78, 5) is 11.9. The SMILES string of the molecule is Cc1ccc(OCCc2nnc(NC(=O)Cn3cccn3)s2)cc1C. The standard InChI is InChI=1S/C17H19N5O2S/c1-12-4-5-14(10-13(12)2)24-9-6-16-20-21-17(25-16)19-15(23)11-22-8-3-7-18-22/h3-5,7-8,10H,6,9,11H2,1-2H3,(H,19,21,23). The van der Waals surface area contributed by atoms with E-state index in [1.807, 2.05) is 18.2 Å². The maximum Gasteiger partial charge on any atom is 0.247 e. The Morgan fingerprint density at radius 2 is 2.16 bits per heavy atom. The molecule has 1 aromatic carbocycles. The minimum Gasteiger partial charge on any atom is -0.493 e. The summed E-state index contributed by atoms with van der Waals surface area (Å²) in [5, 5.41) is 16.1. The van der Waals surface area contributed by atoms with Crippen LogP contribution >= 0.6 is 11.3 Å². The first-order chi connectivity index (χ1) is 12.1. The predicted octanol–water partition coefficient (Wildman–Crippen LogP) is 2.61. The Morgan fingerprint density at radius 3 is 2.92 bits per heavy atom. The maximum absolute atomic E-state index is 11.9. The van der Waals surface area contributed by atoms with E-state index in [-0.39, 0.29) is 12.5 Å². The largest absolute Gasteiger partial charge is 0.493 e. The lowest BCUT2D eigenvalue weighted by molar-refractivity contribution is -0.116. The molecule has 0 spiro atoms. The Labute approximate surface area is 149 Å². The van der Waals surface area contributed by atoms with Crippen LogP contribution in [0.25, 0.3) is 0 Å². The van der Waals surface area contributed by atoms with Gasteiger partial charge in [0.05, 0.1) is 6.61 Å². The fourth-order valence-electron chi connectivity index (χ4n) is 2.16. The van der Waals surface area contributed by atoms with Gasteiger partial charge in [0.1, 0.15) is 17.3 Å². The highest BCUT2D eigenvalue weighted by Crippen LogP contribution is 2.18. The summed E-state index contributed by atoms with van der Waals surface area (Å²) in [6.07, 6.45) is 4.00. The van der Waals surface area contributed by atoms with Gasteiger partial charge in [-0.25, -0.2) is 0 Å². The minimum atomic E-state index is -0.183. The Hall–Kier alpha value is -2.74. The number of carbonyl (C=O) groups excluding carboxylic acids is 1. The van der Waals surface area contributed by atoms with E-state index in [1.54, 1.807) is 23.1 Å². The van der Waals surface area contributed by atoms with E-state index >= 15 is 0 Å². The van der Waals surface area contributed by atoms with Gasteiger partial charge in [-0.1, -0.05) is 17.4 Å². The molecule has 0 radical (unpaired) electrons. The van der Waals surface area contributed by atoms with Crippen molar-refractivity contribution in [1.29, 1.82) is 0 Å². The zero-order valence-electron chi connectivity index (χ0n) is 14.1. The maximum atomic E-state index is 11.9. The van der Waals surface area contributed by atoms with Crippen molar-refractivity contribution in [2.24, 2.45) is 0 Å². The topological polar surface area (TPSA) is 81.9 Å². The number of aryl methyl sites for hydroxylation is 2. The van der Waals surface area contributed by atoms with Gasteiger partial charge >= 0.3 is 0 Å². The second kappa shape index (κ2) is 7.89. The normalized spacial score (nSPS) is 10.6. The third-order valence-electron chi connectivity index (χ3n) is 3.64. The number of amides is 1. The van der Waals surface area contributed by atoms with Crippen molar-refractivity contribution >= 4 is 22.4 Å². The molecule has 2 aromatic heterocycles. The molecule has 0 saturated carbocycles. The first kappa shape index (κ1) is 17.1. The van der Waals surface area contributed by atoms with Crippen molar-refractivity contribution < 1.29 is 9.53 Å². The van der Waals surface area contributed by atoms with Crippen molar-refractivity contribution in [2.45, 2.75) is 26.8 Å². The molecule has 2 heterocycles. The quantitative estimate of drug-likeness (QED) is 0.703. The van der Waals surface area contributed by atoms with Crippen LogP contribution in [0.4, 0.5) is 5.13 Å². The van der Waals surface area contributed by atoms with Crippen LogP contribution in [0.1, 0.15) is 16.1 Å². The molecule has 1 N–H and O–H groups in total. The van der Waals surface area contributed by atoms with E-state index in [4.69, 9.17) is 4.74 Å². The summed E-state index contributed by atoms with van der Waals surface area (Å²) in [5.41, 5.74) is 2.45. The Morgan fingerprint density at radius 1 is 1.28 bits per heavy atom. The van der Waals surface area contributed by atoms with E-state index in [1.165, 1.54) is 22.5 Å². The van der Waals surface area contributed by atoms with Crippen LogP contribution in [0.3, 0.4) is 0 Å². The molecular formula is C17H19N5O2S. The van der Waals surface area contributed by atoms with Gasteiger partial charge in [0, 0.05) is 18.8 Å². The smallest absolute Gasteiger partial charge is 0.247 e. The number of nitrogens with zero attached hydrogens (tertiary/aromatic N) is 4. The summed E-state index contributed by atoms with van der Waals surface area (Å²) < 4.78 is 7.30. The average molecular weight is 357 g/mol. The van der Waals surface area contributed by atoms with Gasteiger partial charge < -0.3 is 4.74 Å².